The van der Waals surface area contributed by atoms with Gasteiger partial charge in [-0.15, -0.1) is 6.58 Å². The minimum Gasteiger partial charge on any atom is -0.458 e. The van der Waals surface area contributed by atoms with Crippen molar-refractivity contribution in [1.29, 1.82) is 0 Å². The summed E-state index contributed by atoms with van der Waals surface area (Å²) in [6.45, 7) is 10.0. The standard InChI is InChI=1S/C24H36O3.2H2O/c1-15(2)14-24(26)12-10-22-21-7-5-17-13-18(27-16(3)25)6-8-19(17)20(21)9-11-23(22,24)4;;/h13,18-22,26H,1,5-12,14H2,2-4H3;2*1H2/t18?,19-,20+,21+,22-,23-,24+;;/m0../s1. The average Bonchev–Trinajstić information content (AvgIpc) is 2.84. The van der Waals surface area contributed by atoms with Gasteiger partial charge in [0.1, 0.15) is 6.10 Å². The smallest absolute Gasteiger partial charge is 0.303 e. The molecule has 0 saturated heterocycles. The molecule has 5 nitrogen and oxygen atoms in total. The van der Waals surface area contributed by atoms with Gasteiger partial charge >= 0.3 is 5.97 Å². The number of hydrogen-bond donors (Lipinski definition) is 1. The fourth-order valence-corrected chi connectivity index (χ4v) is 7.50. The molecule has 0 heterocycles. The zero-order valence-corrected chi connectivity index (χ0v) is 18.3. The van der Waals surface area contributed by atoms with Crippen LogP contribution >= 0.6 is 0 Å². The number of fused-ring (bicyclic) bond motifs is 5. The van der Waals surface area contributed by atoms with E-state index in [2.05, 4.69) is 26.5 Å². The summed E-state index contributed by atoms with van der Waals surface area (Å²) in [5, 5.41) is 11.5. The molecule has 166 valence electrons. The molecule has 0 spiro atoms. The lowest BCUT2D eigenvalue weighted by atomic mass is 9.50. The second kappa shape index (κ2) is 8.52. The van der Waals surface area contributed by atoms with Crippen LogP contribution in [0.2, 0.25) is 0 Å². The van der Waals surface area contributed by atoms with Crippen molar-refractivity contribution in [1.82, 2.24) is 0 Å². The number of aliphatic hydroxyl groups is 1. The van der Waals surface area contributed by atoms with Gasteiger partial charge in [0, 0.05) is 6.92 Å². The quantitative estimate of drug-likeness (QED) is 0.569. The lowest BCUT2D eigenvalue weighted by Gasteiger charge is -2.56. The first-order valence-corrected chi connectivity index (χ1v) is 11.0. The number of esters is 1. The van der Waals surface area contributed by atoms with Crippen molar-refractivity contribution >= 4 is 5.97 Å². The largest absolute Gasteiger partial charge is 0.458 e. The number of rotatable bonds is 3. The van der Waals surface area contributed by atoms with E-state index in [9.17, 15) is 9.90 Å². The highest BCUT2D eigenvalue weighted by Gasteiger charge is 2.61. The zero-order valence-electron chi connectivity index (χ0n) is 18.3. The lowest BCUT2D eigenvalue weighted by Crippen LogP contribution is -2.52. The van der Waals surface area contributed by atoms with Crippen LogP contribution in [-0.2, 0) is 9.53 Å². The van der Waals surface area contributed by atoms with E-state index in [1.165, 1.54) is 26.2 Å². The van der Waals surface area contributed by atoms with Crippen molar-refractivity contribution in [2.45, 2.75) is 90.3 Å². The van der Waals surface area contributed by atoms with Crippen LogP contribution in [0.15, 0.2) is 23.8 Å². The number of carbonyl (C=O) groups excluding carboxylic acids is 1. The molecule has 0 aromatic carbocycles. The third kappa shape index (κ3) is 3.94. The van der Waals surface area contributed by atoms with Gasteiger partial charge in [0.2, 0.25) is 0 Å². The fraction of sp³-hybridized carbons (Fsp3) is 0.792. The van der Waals surface area contributed by atoms with E-state index in [-0.39, 0.29) is 28.4 Å². The Morgan fingerprint density at radius 1 is 1.14 bits per heavy atom. The van der Waals surface area contributed by atoms with Gasteiger partial charge in [0.05, 0.1) is 5.60 Å². The number of hydrogen-bond acceptors (Lipinski definition) is 3. The molecule has 0 bridgehead atoms. The summed E-state index contributed by atoms with van der Waals surface area (Å²) in [7, 11) is 0. The Balaban J connectivity index is 0.00000150. The van der Waals surface area contributed by atoms with Crippen LogP contribution in [0.4, 0.5) is 0 Å². The van der Waals surface area contributed by atoms with E-state index in [4.69, 9.17) is 4.74 Å². The van der Waals surface area contributed by atoms with Crippen LogP contribution in [0, 0.1) is 29.1 Å². The molecule has 0 aromatic heterocycles. The Labute approximate surface area is 175 Å². The molecule has 29 heavy (non-hydrogen) atoms. The second-order valence-corrected chi connectivity index (χ2v) is 10.2. The van der Waals surface area contributed by atoms with Gasteiger partial charge < -0.3 is 20.8 Å². The molecule has 5 N–H and O–H groups in total. The van der Waals surface area contributed by atoms with Crippen molar-refractivity contribution in [3.8, 4) is 0 Å². The highest BCUT2D eigenvalue weighted by molar-refractivity contribution is 5.66. The van der Waals surface area contributed by atoms with Crippen molar-refractivity contribution in [2.24, 2.45) is 29.1 Å². The highest BCUT2D eigenvalue weighted by Crippen LogP contribution is 2.65. The zero-order chi connectivity index (χ0) is 19.4. The minimum atomic E-state index is -0.558. The summed E-state index contributed by atoms with van der Waals surface area (Å²) in [4.78, 5) is 11.3. The summed E-state index contributed by atoms with van der Waals surface area (Å²) < 4.78 is 5.47. The average molecular weight is 409 g/mol. The van der Waals surface area contributed by atoms with E-state index >= 15 is 0 Å². The first-order chi connectivity index (χ1) is 12.7. The normalized spacial score (nSPS) is 42.8. The van der Waals surface area contributed by atoms with Crippen LogP contribution in [0.25, 0.3) is 0 Å². The Morgan fingerprint density at radius 2 is 1.86 bits per heavy atom. The van der Waals surface area contributed by atoms with Crippen LogP contribution in [-0.4, -0.2) is 33.7 Å². The molecule has 4 rings (SSSR count). The molecule has 7 atom stereocenters. The van der Waals surface area contributed by atoms with Crippen LogP contribution < -0.4 is 0 Å². The fourth-order valence-electron chi connectivity index (χ4n) is 7.50. The summed E-state index contributed by atoms with van der Waals surface area (Å²) in [6.07, 6.45) is 12.0. The van der Waals surface area contributed by atoms with Gasteiger partial charge in [0.15, 0.2) is 0 Å². The van der Waals surface area contributed by atoms with Gasteiger partial charge in [0.25, 0.3) is 0 Å². The van der Waals surface area contributed by atoms with Crippen molar-refractivity contribution in [3.63, 3.8) is 0 Å². The summed E-state index contributed by atoms with van der Waals surface area (Å²) in [5.41, 5.74) is 2.15. The third-order valence-electron chi connectivity index (χ3n) is 8.65. The van der Waals surface area contributed by atoms with E-state index in [0.717, 1.165) is 55.9 Å². The molecule has 0 radical (unpaired) electrons. The predicted molar refractivity (Wildman–Crippen MR) is 114 cm³/mol. The van der Waals surface area contributed by atoms with Gasteiger partial charge in [-0.05, 0) is 99.9 Å². The summed E-state index contributed by atoms with van der Waals surface area (Å²) in [6, 6.07) is 0. The van der Waals surface area contributed by atoms with Crippen LogP contribution in [0.5, 0.6) is 0 Å². The number of carbonyl (C=O) groups is 1. The molecule has 0 aliphatic heterocycles. The van der Waals surface area contributed by atoms with Gasteiger partial charge in [-0.25, -0.2) is 0 Å². The van der Waals surface area contributed by atoms with Crippen molar-refractivity contribution in [2.75, 3.05) is 0 Å². The van der Waals surface area contributed by atoms with E-state index < -0.39 is 5.60 Å². The first-order valence-electron chi connectivity index (χ1n) is 11.0. The predicted octanol–water partition coefficient (Wildman–Crippen LogP) is 3.54. The Kier molecular flexibility index (Phi) is 7.08. The molecule has 5 heteroatoms. The van der Waals surface area contributed by atoms with E-state index in [1.54, 1.807) is 5.57 Å². The van der Waals surface area contributed by atoms with E-state index in [0.29, 0.717) is 11.8 Å². The van der Waals surface area contributed by atoms with Gasteiger partial charge in [-0.3, -0.25) is 4.79 Å². The second-order valence-electron chi connectivity index (χ2n) is 10.2. The maximum Gasteiger partial charge on any atom is 0.303 e. The first kappa shape index (κ1) is 24.1. The topological polar surface area (TPSA) is 110 Å². The molecule has 3 fully saturated rings. The molecule has 4 aliphatic carbocycles. The maximum atomic E-state index is 11.5. The Hall–Kier alpha value is -1.17. The summed E-state index contributed by atoms with van der Waals surface area (Å²) in [5.74, 6) is 2.66. The van der Waals surface area contributed by atoms with Crippen molar-refractivity contribution in [3.05, 3.63) is 23.8 Å². The number of allylic oxidation sites excluding steroid dienone is 1. The molecular formula is C24H40O5. The van der Waals surface area contributed by atoms with E-state index in [1.807, 2.05) is 0 Å². The molecule has 0 amide bonds. The summed E-state index contributed by atoms with van der Waals surface area (Å²) >= 11 is 0. The molecule has 4 aliphatic rings. The van der Waals surface area contributed by atoms with Gasteiger partial charge in [-0.1, -0.05) is 18.1 Å². The van der Waals surface area contributed by atoms with Crippen LogP contribution in [0.3, 0.4) is 0 Å². The third-order valence-corrected chi connectivity index (χ3v) is 8.65. The number of ether oxygens (including phenoxy) is 1. The van der Waals surface area contributed by atoms with Crippen LogP contribution in [0.1, 0.15) is 78.6 Å². The SMILES string of the molecule is C=C(C)C[C@]1(O)CC[C@H]2[C@@H]3CCC4=CC(OC(C)=O)CC[C@@H]4[C@H]3CC[C@@]21C.O.O. The Bertz CT molecular complexity index is 670. The highest BCUT2D eigenvalue weighted by atomic mass is 16.5. The molecule has 1 unspecified atom stereocenters. The molecule has 3 saturated carbocycles. The monoisotopic (exact) mass is 408 g/mol. The van der Waals surface area contributed by atoms with Crippen molar-refractivity contribution < 1.29 is 25.6 Å². The van der Waals surface area contributed by atoms with Gasteiger partial charge in [-0.2, -0.15) is 0 Å². The Morgan fingerprint density at radius 3 is 2.52 bits per heavy atom. The minimum absolute atomic E-state index is 0. The maximum absolute atomic E-state index is 11.5. The molecular weight excluding hydrogens is 368 g/mol. The molecule has 0 aromatic rings. The lowest BCUT2D eigenvalue weighted by molar-refractivity contribution is -0.145.